The van der Waals surface area contributed by atoms with E-state index in [0.717, 1.165) is 35.7 Å². The lowest BCUT2D eigenvalue weighted by Crippen LogP contribution is -2.40. The maximum Gasteiger partial charge on any atom is 0.240 e. The number of aryl methyl sites for hydroxylation is 1. The van der Waals surface area contributed by atoms with Crippen molar-refractivity contribution >= 4 is 23.4 Å². The van der Waals surface area contributed by atoms with Crippen LogP contribution in [-0.4, -0.2) is 24.8 Å². The lowest BCUT2D eigenvalue weighted by atomic mass is 10.0. The van der Waals surface area contributed by atoms with Gasteiger partial charge in [-0.2, -0.15) is 0 Å². The molecule has 4 heteroatoms. The zero-order valence-electron chi connectivity index (χ0n) is 13.5. The summed E-state index contributed by atoms with van der Waals surface area (Å²) in [5.41, 5.74) is 2.34. The van der Waals surface area contributed by atoms with Gasteiger partial charge in [-0.3, -0.25) is 4.79 Å². The van der Waals surface area contributed by atoms with E-state index in [1.807, 2.05) is 48.2 Å². The molecule has 1 atom stereocenters. The van der Waals surface area contributed by atoms with Gasteiger partial charge in [0.25, 0.3) is 0 Å². The SMILES string of the molecule is COc1cccc(SC(C)C(=O)N2CCCc3ccccc32)c1. The summed E-state index contributed by atoms with van der Waals surface area (Å²) < 4.78 is 5.25. The summed E-state index contributed by atoms with van der Waals surface area (Å²) in [6, 6.07) is 16.1. The largest absolute Gasteiger partial charge is 0.497 e. The number of anilines is 1. The van der Waals surface area contributed by atoms with Crippen molar-refractivity contribution in [3.63, 3.8) is 0 Å². The van der Waals surface area contributed by atoms with Gasteiger partial charge in [-0.25, -0.2) is 0 Å². The number of nitrogens with zero attached hydrogens (tertiary/aromatic N) is 1. The normalized spacial score (nSPS) is 15.0. The first-order chi connectivity index (χ1) is 11.2. The summed E-state index contributed by atoms with van der Waals surface area (Å²) >= 11 is 1.58. The Hall–Kier alpha value is -1.94. The Morgan fingerprint density at radius 2 is 2.04 bits per heavy atom. The molecule has 23 heavy (non-hydrogen) atoms. The number of hydrogen-bond acceptors (Lipinski definition) is 3. The van der Waals surface area contributed by atoms with Crippen LogP contribution in [0.25, 0.3) is 0 Å². The minimum absolute atomic E-state index is 0.131. The summed E-state index contributed by atoms with van der Waals surface area (Å²) in [5, 5.41) is -0.131. The van der Waals surface area contributed by atoms with E-state index in [0.29, 0.717) is 0 Å². The van der Waals surface area contributed by atoms with Gasteiger partial charge in [0, 0.05) is 17.1 Å². The molecule has 0 saturated heterocycles. The Kier molecular flexibility index (Phi) is 4.91. The molecule has 1 heterocycles. The van der Waals surface area contributed by atoms with E-state index < -0.39 is 0 Å². The molecule has 0 spiro atoms. The van der Waals surface area contributed by atoms with E-state index in [1.54, 1.807) is 18.9 Å². The second kappa shape index (κ2) is 7.09. The molecule has 0 aromatic heterocycles. The van der Waals surface area contributed by atoms with E-state index in [4.69, 9.17) is 4.74 Å². The quantitative estimate of drug-likeness (QED) is 0.790. The molecule has 0 radical (unpaired) electrons. The first-order valence-electron chi connectivity index (χ1n) is 7.89. The smallest absolute Gasteiger partial charge is 0.240 e. The predicted octanol–water partition coefficient (Wildman–Crippen LogP) is 4.16. The fourth-order valence-corrected chi connectivity index (χ4v) is 3.89. The number of fused-ring (bicyclic) bond motifs is 1. The second-order valence-corrected chi connectivity index (χ2v) is 7.08. The van der Waals surface area contributed by atoms with Crippen molar-refractivity contribution in [1.82, 2.24) is 0 Å². The van der Waals surface area contributed by atoms with E-state index in [1.165, 1.54) is 5.56 Å². The van der Waals surface area contributed by atoms with Crippen LogP contribution < -0.4 is 9.64 Å². The molecule has 1 amide bonds. The molecule has 120 valence electrons. The molecule has 3 rings (SSSR count). The van der Waals surface area contributed by atoms with Gasteiger partial charge in [-0.1, -0.05) is 24.3 Å². The Morgan fingerprint density at radius 1 is 1.22 bits per heavy atom. The fraction of sp³-hybridized carbons (Fsp3) is 0.316. The molecular formula is C19H21NO2S. The van der Waals surface area contributed by atoms with Crippen LogP contribution in [0.2, 0.25) is 0 Å². The van der Waals surface area contributed by atoms with Gasteiger partial charge in [0.1, 0.15) is 5.75 Å². The predicted molar refractivity (Wildman–Crippen MR) is 95.4 cm³/mol. The van der Waals surface area contributed by atoms with Gasteiger partial charge in [0.05, 0.1) is 12.4 Å². The van der Waals surface area contributed by atoms with Crippen LogP contribution in [0.1, 0.15) is 18.9 Å². The van der Waals surface area contributed by atoms with Crippen molar-refractivity contribution in [2.45, 2.75) is 29.9 Å². The third kappa shape index (κ3) is 3.53. The summed E-state index contributed by atoms with van der Waals surface area (Å²) in [5.74, 6) is 0.989. The molecule has 0 saturated carbocycles. The van der Waals surface area contributed by atoms with Gasteiger partial charge in [-0.15, -0.1) is 11.8 Å². The van der Waals surface area contributed by atoms with E-state index in [2.05, 4.69) is 12.1 Å². The highest BCUT2D eigenvalue weighted by atomic mass is 32.2. The molecule has 2 aromatic carbocycles. The minimum atomic E-state index is -0.131. The number of ether oxygens (including phenoxy) is 1. The van der Waals surface area contributed by atoms with Crippen molar-refractivity contribution in [2.24, 2.45) is 0 Å². The van der Waals surface area contributed by atoms with Gasteiger partial charge < -0.3 is 9.64 Å². The first kappa shape index (κ1) is 15.9. The summed E-state index contributed by atoms with van der Waals surface area (Å²) in [6.45, 7) is 2.78. The van der Waals surface area contributed by atoms with Crippen molar-refractivity contribution in [1.29, 1.82) is 0 Å². The van der Waals surface area contributed by atoms with Crippen LogP contribution in [-0.2, 0) is 11.2 Å². The number of carbonyl (C=O) groups is 1. The standard InChI is InChI=1S/C19H21NO2S/c1-14(23-17-10-5-9-16(13-17)22-2)19(21)20-12-6-8-15-7-3-4-11-18(15)20/h3-5,7,9-11,13-14H,6,8,12H2,1-2H3. The van der Waals surface area contributed by atoms with Gasteiger partial charge in [-0.05, 0) is 49.6 Å². The lowest BCUT2D eigenvalue weighted by molar-refractivity contribution is -0.117. The molecule has 0 fully saturated rings. The number of para-hydroxylation sites is 1. The number of carbonyl (C=O) groups excluding carboxylic acids is 1. The molecule has 2 aromatic rings. The number of thioether (sulfide) groups is 1. The molecule has 0 aliphatic carbocycles. The van der Waals surface area contributed by atoms with E-state index in [-0.39, 0.29) is 11.2 Å². The molecule has 1 aliphatic rings. The second-order valence-electron chi connectivity index (χ2n) is 5.66. The van der Waals surface area contributed by atoms with Crippen LogP contribution in [0.5, 0.6) is 5.75 Å². The molecule has 3 nitrogen and oxygen atoms in total. The van der Waals surface area contributed by atoms with Gasteiger partial charge in [0.2, 0.25) is 5.91 Å². The first-order valence-corrected chi connectivity index (χ1v) is 8.77. The Bertz CT molecular complexity index is 701. The molecule has 0 bridgehead atoms. The molecule has 1 aliphatic heterocycles. The highest BCUT2D eigenvalue weighted by Crippen LogP contribution is 2.32. The van der Waals surface area contributed by atoms with Crippen LogP contribution in [0.15, 0.2) is 53.4 Å². The summed E-state index contributed by atoms with van der Waals surface area (Å²) in [7, 11) is 1.66. The van der Waals surface area contributed by atoms with Crippen LogP contribution >= 0.6 is 11.8 Å². The van der Waals surface area contributed by atoms with Crippen LogP contribution in [0.4, 0.5) is 5.69 Å². The van der Waals surface area contributed by atoms with Crippen molar-refractivity contribution in [3.05, 3.63) is 54.1 Å². The number of methoxy groups -OCH3 is 1. The number of hydrogen-bond donors (Lipinski definition) is 0. The fourth-order valence-electron chi connectivity index (χ4n) is 2.91. The average molecular weight is 327 g/mol. The maximum absolute atomic E-state index is 12.9. The zero-order valence-corrected chi connectivity index (χ0v) is 14.3. The maximum atomic E-state index is 12.9. The van der Waals surface area contributed by atoms with E-state index in [9.17, 15) is 4.79 Å². The Balaban J connectivity index is 1.75. The summed E-state index contributed by atoms with van der Waals surface area (Å²) in [6.07, 6.45) is 2.08. The highest BCUT2D eigenvalue weighted by Gasteiger charge is 2.26. The average Bonchev–Trinajstić information content (AvgIpc) is 2.60. The third-order valence-electron chi connectivity index (χ3n) is 4.08. The van der Waals surface area contributed by atoms with Crippen LogP contribution in [0, 0.1) is 0 Å². The number of amides is 1. The molecule has 0 N–H and O–H groups in total. The van der Waals surface area contributed by atoms with E-state index >= 15 is 0 Å². The van der Waals surface area contributed by atoms with Crippen molar-refractivity contribution in [2.75, 3.05) is 18.6 Å². The van der Waals surface area contributed by atoms with Crippen LogP contribution in [0.3, 0.4) is 0 Å². The molecular weight excluding hydrogens is 306 g/mol. The monoisotopic (exact) mass is 327 g/mol. The van der Waals surface area contributed by atoms with Gasteiger partial charge >= 0.3 is 0 Å². The molecule has 1 unspecified atom stereocenters. The van der Waals surface area contributed by atoms with Crippen molar-refractivity contribution in [3.8, 4) is 5.75 Å². The third-order valence-corrected chi connectivity index (χ3v) is 5.16. The topological polar surface area (TPSA) is 29.5 Å². The van der Waals surface area contributed by atoms with Crippen molar-refractivity contribution < 1.29 is 9.53 Å². The number of rotatable bonds is 4. The highest BCUT2D eigenvalue weighted by molar-refractivity contribution is 8.00. The summed E-state index contributed by atoms with van der Waals surface area (Å²) in [4.78, 5) is 15.9. The van der Waals surface area contributed by atoms with Gasteiger partial charge in [0.15, 0.2) is 0 Å². The number of benzene rings is 2. The minimum Gasteiger partial charge on any atom is -0.497 e. The Morgan fingerprint density at radius 3 is 2.87 bits per heavy atom. The Labute approximate surface area is 141 Å². The lowest BCUT2D eigenvalue weighted by Gasteiger charge is -2.31. The zero-order chi connectivity index (χ0) is 16.2.